The summed E-state index contributed by atoms with van der Waals surface area (Å²) in [7, 11) is 0. The molecular weight excluding hydrogens is 248 g/mol. The number of hydrogen-bond acceptors (Lipinski definition) is 2. The summed E-state index contributed by atoms with van der Waals surface area (Å²) in [6.45, 7) is 4.42. The summed E-state index contributed by atoms with van der Waals surface area (Å²) >= 11 is 0. The molecule has 0 amide bonds. The molecule has 0 fully saturated rings. The van der Waals surface area contributed by atoms with Crippen LogP contribution in [0.4, 0.5) is 8.78 Å². The van der Waals surface area contributed by atoms with Crippen LogP contribution in [0.3, 0.4) is 0 Å². The summed E-state index contributed by atoms with van der Waals surface area (Å²) in [4.78, 5) is 0. The molecule has 1 atom stereocenters. The fourth-order valence-corrected chi connectivity index (χ4v) is 2.42. The average molecular weight is 271 g/mol. The largest absolute Gasteiger partial charge is 0.435 e. The molecule has 1 rings (SSSR count). The van der Waals surface area contributed by atoms with Crippen molar-refractivity contribution in [3.05, 3.63) is 29.8 Å². The SMILES string of the molecule is CCNC(c1cccc(OC(F)F)c1)C(CC)CC. The standard InChI is InChI=1S/C15H23F2NO/c1-4-11(5-2)14(18-6-3)12-8-7-9-13(10-12)19-15(16)17/h7-11,14-15,18H,4-6H2,1-3H3. The van der Waals surface area contributed by atoms with Gasteiger partial charge in [0.25, 0.3) is 0 Å². The molecule has 0 radical (unpaired) electrons. The maximum Gasteiger partial charge on any atom is 0.387 e. The van der Waals surface area contributed by atoms with Crippen molar-refractivity contribution in [2.45, 2.75) is 46.3 Å². The van der Waals surface area contributed by atoms with Gasteiger partial charge >= 0.3 is 6.61 Å². The van der Waals surface area contributed by atoms with Gasteiger partial charge in [0, 0.05) is 6.04 Å². The molecule has 0 aliphatic rings. The summed E-state index contributed by atoms with van der Waals surface area (Å²) in [6, 6.07) is 7.17. The number of nitrogens with one attached hydrogen (secondary N) is 1. The molecule has 1 aromatic carbocycles. The highest BCUT2D eigenvalue weighted by atomic mass is 19.3. The Balaban J connectivity index is 2.94. The highest BCUT2D eigenvalue weighted by molar-refractivity contribution is 5.31. The van der Waals surface area contributed by atoms with Gasteiger partial charge in [-0.1, -0.05) is 45.7 Å². The minimum Gasteiger partial charge on any atom is -0.435 e. The van der Waals surface area contributed by atoms with Gasteiger partial charge in [0.15, 0.2) is 0 Å². The van der Waals surface area contributed by atoms with Crippen LogP contribution in [-0.4, -0.2) is 13.2 Å². The topological polar surface area (TPSA) is 21.3 Å². The molecule has 2 nitrogen and oxygen atoms in total. The van der Waals surface area contributed by atoms with Crippen LogP contribution >= 0.6 is 0 Å². The van der Waals surface area contributed by atoms with E-state index in [1.165, 1.54) is 0 Å². The first-order chi connectivity index (χ1) is 9.12. The maximum atomic E-state index is 12.3. The summed E-state index contributed by atoms with van der Waals surface area (Å²) in [5.41, 5.74) is 1.01. The van der Waals surface area contributed by atoms with Gasteiger partial charge in [0.2, 0.25) is 0 Å². The minimum absolute atomic E-state index is 0.182. The molecule has 108 valence electrons. The molecule has 0 bridgehead atoms. The maximum absolute atomic E-state index is 12.3. The van der Waals surface area contributed by atoms with E-state index in [0.717, 1.165) is 24.9 Å². The van der Waals surface area contributed by atoms with Crippen molar-refractivity contribution in [3.63, 3.8) is 0 Å². The van der Waals surface area contributed by atoms with Gasteiger partial charge in [-0.15, -0.1) is 0 Å². The third-order valence-electron chi connectivity index (χ3n) is 3.39. The number of rotatable bonds is 8. The highest BCUT2D eigenvalue weighted by Crippen LogP contribution is 2.29. The molecular formula is C15H23F2NO. The zero-order chi connectivity index (χ0) is 14.3. The first-order valence-electron chi connectivity index (χ1n) is 6.90. The summed E-state index contributed by atoms with van der Waals surface area (Å²) < 4.78 is 29.0. The van der Waals surface area contributed by atoms with E-state index in [2.05, 4.69) is 30.8 Å². The lowest BCUT2D eigenvalue weighted by atomic mass is 9.88. The fraction of sp³-hybridized carbons (Fsp3) is 0.600. The summed E-state index contributed by atoms with van der Waals surface area (Å²) in [5.74, 6) is 0.711. The van der Waals surface area contributed by atoms with Crippen molar-refractivity contribution in [2.24, 2.45) is 5.92 Å². The van der Waals surface area contributed by atoms with E-state index >= 15 is 0 Å². The quantitative estimate of drug-likeness (QED) is 0.758. The lowest BCUT2D eigenvalue weighted by Crippen LogP contribution is -2.27. The van der Waals surface area contributed by atoms with E-state index in [0.29, 0.717) is 5.92 Å². The number of halogens is 2. The van der Waals surface area contributed by atoms with Crippen LogP contribution < -0.4 is 10.1 Å². The Labute approximate surface area is 114 Å². The monoisotopic (exact) mass is 271 g/mol. The molecule has 19 heavy (non-hydrogen) atoms. The summed E-state index contributed by atoms with van der Waals surface area (Å²) in [6.07, 6.45) is 2.10. The molecule has 1 N–H and O–H groups in total. The molecule has 0 aromatic heterocycles. The molecule has 0 heterocycles. The van der Waals surface area contributed by atoms with E-state index in [4.69, 9.17) is 0 Å². The first-order valence-corrected chi connectivity index (χ1v) is 6.90. The van der Waals surface area contributed by atoms with Crippen molar-refractivity contribution >= 4 is 0 Å². The molecule has 1 aromatic rings. The van der Waals surface area contributed by atoms with E-state index in [-0.39, 0.29) is 11.8 Å². The zero-order valence-corrected chi connectivity index (χ0v) is 11.8. The van der Waals surface area contributed by atoms with Gasteiger partial charge in [-0.3, -0.25) is 0 Å². The van der Waals surface area contributed by atoms with Crippen molar-refractivity contribution < 1.29 is 13.5 Å². The summed E-state index contributed by atoms with van der Waals surface area (Å²) in [5, 5.41) is 3.44. The molecule has 0 saturated heterocycles. The van der Waals surface area contributed by atoms with Gasteiger partial charge in [0.1, 0.15) is 5.75 Å². The second-order valence-corrected chi connectivity index (χ2v) is 4.56. The second-order valence-electron chi connectivity index (χ2n) is 4.56. The predicted octanol–water partition coefficient (Wildman–Crippen LogP) is 4.37. The zero-order valence-electron chi connectivity index (χ0n) is 11.8. The molecule has 1 unspecified atom stereocenters. The lowest BCUT2D eigenvalue weighted by Gasteiger charge is -2.27. The molecule has 0 aliphatic carbocycles. The van der Waals surface area contributed by atoms with Crippen LogP contribution in [0.5, 0.6) is 5.75 Å². The van der Waals surface area contributed by atoms with E-state index in [1.807, 2.05) is 6.07 Å². The van der Waals surface area contributed by atoms with Crippen molar-refractivity contribution in [2.75, 3.05) is 6.54 Å². The Hall–Kier alpha value is -1.16. The smallest absolute Gasteiger partial charge is 0.387 e. The van der Waals surface area contributed by atoms with Crippen LogP contribution in [-0.2, 0) is 0 Å². The molecule has 4 heteroatoms. The third kappa shape index (κ3) is 4.78. The predicted molar refractivity (Wildman–Crippen MR) is 73.6 cm³/mol. The number of alkyl halides is 2. The molecule has 0 aliphatic heterocycles. The first kappa shape index (κ1) is 15.9. The van der Waals surface area contributed by atoms with E-state index in [9.17, 15) is 8.78 Å². The van der Waals surface area contributed by atoms with Crippen molar-refractivity contribution in [1.29, 1.82) is 0 Å². The van der Waals surface area contributed by atoms with Crippen LogP contribution in [0, 0.1) is 5.92 Å². The number of ether oxygens (including phenoxy) is 1. The number of hydrogen-bond donors (Lipinski definition) is 1. The third-order valence-corrected chi connectivity index (χ3v) is 3.39. The van der Waals surface area contributed by atoms with Gasteiger partial charge in [-0.05, 0) is 30.2 Å². The molecule has 0 saturated carbocycles. The Morgan fingerprint density at radius 3 is 2.37 bits per heavy atom. The van der Waals surface area contributed by atoms with Gasteiger partial charge in [-0.25, -0.2) is 0 Å². The highest BCUT2D eigenvalue weighted by Gasteiger charge is 2.20. The lowest BCUT2D eigenvalue weighted by molar-refractivity contribution is -0.0499. The fourth-order valence-electron chi connectivity index (χ4n) is 2.42. The second kappa shape index (κ2) is 8.10. The molecule has 0 spiro atoms. The van der Waals surface area contributed by atoms with Crippen LogP contribution in [0.25, 0.3) is 0 Å². The Morgan fingerprint density at radius 1 is 1.16 bits per heavy atom. The normalized spacial score (nSPS) is 13.0. The minimum atomic E-state index is -2.78. The Kier molecular flexibility index (Phi) is 6.78. The Morgan fingerprint density at radius 2 is 1.84 bits per heavy atom. The van der Waals surface area contributed by atoms with Crippen LogP contribution in [0.15, 0.2) is 24.3 Å². The van der Waals surface area contributed by atoms with Crippen LogP contribution in [0.1, 0.15) is 45.2 Å². The van der Waals surface area contributed by atoms with Gasteiger partial charge < -0.3 is 10.1 Å². The van der Waals surface area contributed by atoms with E-state index < -0.39 is 6.61 Å². The van der Waals surface area contributed by atoms with Crippen molar-refractivity contribution in [1.82, 2.24) is 5.32 Å². The van der Waals surface area contributed by atoms with Crippen LogP contribution in [0.2, 0.25) is 0 Å². The Bertz CT molecular complexity index is 367. The van der Waals surface area contributed by atoms with Gasteiger partial charge in [0.05, 0.1) is 0 Å². The van der Waals surface area contributed by atoms with Gasteiger partial charge in [-0.2, -0.15) is 8.78 Å². The average Bonchev–Trinajstić information content (AvgIpc) is 2.38. The van der Waals surface area contributed by atoms with Crippen molar-refractivity contribution in [3.8, 4) is 5.75 Å². The number of benzene rings is 1. The van der Waals surface area contributed by atoms with E-state index in [1.54, 1.807) is 18.2 Å².